The molecule has 0 aromatic heterocycles. The Balaban J connectivity index is 3.16. The standard InChI is InChI=1S/C13H20O4/c1-6-8-13(5)9(10(14)16-7-2)12(3,4)11(15)17-13/h6,8-9H,7H2,1-5H3/b8-6+/t9-,13-/m1/s1. The number of cyclic esters (lactones) is 1. The van der Waals surface area contributed by atoms with Crippen LogP contribution in [0.25, 0.3) is 0 Å². The summed E-state index contributed by atoms with van der Waals surface area (Å²) < 4.78 is 10.4. The van der Waals surface area contributed by atoms with Crippen molar-refractivity contribution in [3.05, 3.63) is 12.2 Å². The van der Waals surface area contributed by atoms with E-state index >= 15 is 0 Å². The number of rotatable bonds is 3. The monoisotopic (exact) mass is 240 g/mol. The largest absolute Gasteiger partial charge is 0.466 e. The number of hydrogen-bond acceptors (Lipinski definition) is 4. The van der Waals surface area contributed by atoms with Crippen LogP contribution in [-0.2, 0) is 19.1 Å². The molecule has 1 saturated heterocycles. The van der Waals surface area contributed by atoms with Gasteiger partial charge in [-0.1, -0.05) is 6.08 Å². The van der Waals surface area contributed by atoms with E-state index in [1.807, 2.05) is 6.92 Å². The predicted molar refractivity (Wildman–Crippen MR) is 63.2 cm³/mol. The van der Waals surface area contributed by atoms with Gasteiger partial charge in [0.1, 0.15) is 11.5 Å². The van der Waals surface area contributed by atoms with E-state index in [9.17, 15) is 9.59 Å². The van der Waals surface area contributed by atoms with Crippen LogP contribution >= 0.6 is 0 Å². The third-order valence-corrected chi connectivity index (χ3v) is 3.15. The Morgan fingerprint density at radius 1 is 1.47 bits per heavy atom. The molecule has 0 aromatic carbocycles. The zero-order valence-electron chi connectivity index (χ0n) is 11.1. The van der Waals surface area contributed by atoms with E-state index in [-0.39, 0.29) is 11.9 Å². The van der Waals surface area contributed by atoms with Crippen molar-refractivity contribution in [3.63, 3.8) is 0 Å². The van der Waals surface area contributed by atoms with Crippen LogP contribution in [0, 0.1) is 11.3 Å². The Labute approximate surface area is 102 Å². The fourth-order valence-corrected chi connectivity index (χ4v) is 2.44. The van der Waals surface area contributed by atoms with Crippen LogP contribution in [0.1, 0.15) is 34.6 Å². The van der Waals surface area contributed by atoms with Crippen LogP contribution in [0.4, 0.5) is 0 Å². The maximum atomic E-state index is 12.0. The summed E-state index contributed by atoms with van der Waals surface area (Å²) in [6.45, 7) is 9.03. The van der Waals surface area contributed by atoms with E-state index in [0.29, 0.717) is 6.61 Å². The Morgan fingerprint density at radius 3 is 2.53 bits per heavy atom. The molecule has 0 bridgehead atoms. The van der Waals surface area contributed by atoms with Crippen LogP contribution in [0.2, 0.25) is 0 Å². The lowest BCUT2D eigenvalue weighted by molar-refractivity contribution is -0.154. The highest BCUT2D eigenvalue weighted by Crippen LogP contribution is 2.47. The number of carbonyl (C=O) groups excluding carboxylic acids is 2. The topological polar surface area (TPSA) is 52.6 Å². The number of hydrogen-bond donors (Lipinski definition) is 0. The Bertz CT molecular complexity index is 356. The molecule has 0 saturated carbocycles. The summed E-state index contributed by atoms with van der Waals surface area (Å²) in [7, 11) is 0. The lowest BCUT2D eigenvalue weighted by Gasteiger charge is -2.28. The van der Waals surface area contributed by atoms with Gasteiger partial charge in [-0.2, -0.15) is 0 Å². The van der Waals surface area contributed by atoms with E-state index in [2.05, 4.69) is 0 Å². The summed E-state index contributed by atoms with van der Waals surface area (Å²) in [4.78, 5) is 23.9. The predicted octanol–water partition coefficient (Wildman–Crippen LogP) is 2.08. The van der Waals surface area contributed by atoms with Crippen molar-refractivity contribution in [2.75, 3.05) is 6.61 Å². The van der Waals surface area contributed by atoms with Crippen molar-refractivity contribution in [1.29, 1.82) is 0 Å². The molecule has 4 heteroatoms. The van der Waals surface area contributed by atoms with Crippen LogP contribution in [0.3, 0.4) is 0 Å². The summed E-state index contributed by atoms with van der Waals surface area (Å²) in [5, 5.41) is 0. The molecule has 1 fully saturated rings. The Hall–Kier alpha value is -1.32. The van der Waals surface area contributed by atoms with Crippen molar-refractivity contribution >= 4 is 11.9 Å². The molecule has 0 aromatic rings. The molecule has 2 atom stereocenters. The first kappa shape index (κ1) is 13.7. The van der Waals surface area contributed by atoms with Crippen LogP contribution in [-0.4, -0.2) is 24.1 Å². The van der Waals surface area contributed by atoms with Crippen molar-refractivity contribution in [2.24, 2.45) is 11.3 Å². The van der Waals surface area contributed by atoms with Crippen molar-refractivity contribution in [2.45, 2.75) is 40.2 Å². The Morgan fingerprint density at radius 2 is 2.06 bits per heavy atom. The minimum absolute atomic E-state index is 0.297. The van der Waals surface area contributed by atoms with E-state index in [4.69, 9.17) is 9.47 Å². The smallest absolute Gasteiger partial charge is 0.314 e. The summed E-state index contributed by atoms with van der Waals surface area (Å²) in [6, 6.07) is 0. The molecule has 0 radical (unpaired) electrons. The Kier molecular flexibility index (Phi) is 3.65. The molecule has 17 heavy (non-hydrogen) atoms. The van der Waals surface area contributed by atoms with Gasteiger partial charge >= 0.3 is 11.9 Å². The SMILES string of the molecule is C/C=C/[C@@]1(C)OC(=O)C(C)(C)[C@H]1C(=O)OCC. The van der Waals surface area contributed by atoms with E-state index in [1.165, 1.54) is 0 Å². The summed E-state index contributed by atoms with van der Waals surface area (Å²) >= 11 is 0. The van der Waals surface area contributed by atoms with E-state index in [1.54, 1.807) is 39.8 Å². The van der Waals surface area contributed by atoms with Crippen molar-refractivity contribution in [1.82, 2.24) is 0 Å². The maximum absolute atomic E-state index is 12.0. The van der Waals surface area contributed by atoms with Gasteiger partial charge in [0.25, 0.3) is 0 Å². The zero-order chi connectivity index (χ0) is 13.3. The van der Waals surface area contributed by atoms with Crippen LogP contribution < -0.4 is 0 Å². The molecular weight excluding hydrogens is 220 g/mol. The third-order valence-electron chi connectivity index (χ3n) is 3.15. The fraction of sp³-hybridized carbons (Fsp3) is 0.692. The molecule has 1 heterocycles. The minimum Gasteiger partial charge on any atom is -0.466 e. The van der Waals surface area contributed by atoms with Gasteiger partial charge in [0.15, 0.2) is 0 Å². The summed E-state index contributed by atoms with van der Waals surface area (Å²) in [6.07, 6.45) is 3.52. The van der Waals surface area contributed by atoms with Crippen LogP contribution in [0.5, 0.6) is 0 Å². The molecule has 1 rings (SSSR count). The first-order chi connectivity index (χ1) is 7.79. The molecule has 1 aliphatic heterocycles. The average Bonchev–Trinajstić information content (AvgIpc) is 2.33. The third kappa shape index (κ3) is 2.21. The molecule has 0 aliphatic carbocycles. The number of allylic oxidation sites excluding steroid dienone is 1. The van der Waals surface area contributed by atoms with Crippen molar-refractivity contribution in [3.8, 4) is 0 Å². The molecule has 0 amide bonds. The molecule has 0 N–H and O–H groups in total. The quantitative estimate of drug-likeness (QED) is 0.560. The van der Waals surface area contributed by atoms with Crippen molar-refractivity contribution < 1.29 is 19.1 Å². The maximum Gasteiger partial charge on any atom is 0.314 e. The van der Waals surface area contributed by atoms with Gasteiger partial charge in [-0.25, -0.2) is 0 Å². The molecule has 4 nitrogen and oxygen atoms in total. The zero-order valence-corrected chi connectivity index (χ0v) is 11.1. The molecule has 0 spiro atoms. The summed E-state index contributed by atoms with van der Waals surface area (Å²) in [5.74, 6) is -1.36. The van der Waals surface area contributed by atoms with Gasteiger partial charge < -0.3 is 9.47 Å². The highest BCUT2D eigenvalue weighted by atomic mass is 16.6. The minimum atomic E-state index is -0.915. The first-order valence-electron chi connectivity index (χ1n) is 5.83. The second-order valence-electron chi connectivity index (χ2n) is 4.98. The molecule has 0 unspecified atom stereocenters. The number of esters is 2. The first-order valence-corrected chi connectivity index (χ1v) is 5.83. The van der Waals surface area contributed by atoms with E-state index < -0.39 is 16.9 Å². The second kappa shape index (κ2) is 4.51. The van der Waals surface area contributed by atoms with Gasteiger partial charge in [-0.05, 0) is 40.7 Å². The molecule has 96 valence electrons. The van der Waals surface area contributed by atoms with E-state index in [0.717, 1.165) is 0 Å². The number of ether oxygens (including phenoxy) is 2. The normalized spacial score (nSPS) is 31.6. The average molecular weight is 240 g/mol. The lowest BCUT2D eigenvalue weighted by Crippen LogP contribution is -2.42. The highest BCUT2D eigenvalue weighted by Gasteiger charge is 2.60. The van der Waals surface area contributed by atoms with Gasteiger partial charge in [0.2, 0.25) is 0 Å². The second-order valence-corrected chi connectivity index (χ2v) is 4.98. The van der Waals surface area contributed by atoms with Gasteiger partial charge in [-0.15, -0.1) is 0 Å². The fourth-order valence-electron chi connectivity index (χ4n) is 2.44. The molecule has 1 aliphatic rings. The highest BCUT2D eigenvalue weighted by molar-refractivity contribution is 5.89. The van der Waals surface area contributed by atoms with Gasteiger partial charge in [-0.3, -0.25) is 9.59 Å². The van der Waals surface area contributed by atoms with Crippen LogP contribution in [0.15, 0.2) is 12.2 Å². The molecular formula is C13H20O4. The lowest BCUT2D eigenvalue weighted by atomic mass is 9.73. The van der Waals surface area contributed by atoms with Gasteiger partial charge in [0.05, 0.1) is 12.0 Å². The van der Waals surface area contributed by atoms with Gasteiger partial charge in [0, 0.05) is 0 Å². The number of carbonyl (C=O) groups is 2. The summed E-state index contributed by atoms with van der Waals surface area (Å²) in [5.41, 5.74) is -1.78.